The lowest BCUT2D eigenvalue weighted by Crippen LogP contribution is -2.40. The third-order valence-corrected chi connectivity index (χ3v) is 4.50. The molecule has 1 saturated carbocycles. The van der Waals surface area contributed by atoms with Crippen molar-refractivity contribution >= 4 is 17.5 Å². The summed E-state index contributed by atoms with van der Waals surface area (Å²) < 4.78 is 10.8. The van der Waals surface area contributed by atoms with E-state index in [0.29, 0.717) is 17.1 Å². The summed E-state index contributed by atoms with van der Waals surface area (Å²) in [6.07, 6.45) is 5.66. The molecule has 0 atom stereocenters. The Hall–Kier alpha value is -1.93. The standard InChI is InChI=1S/C17H21ClN2O3/c1-20(13-6-4-3-5-7-13)16(21)11-23-17-14(18)8-12(10-19)9-15(17)22-2/h8-9,13H,3-7,11H2,1-2H3. The molecular formula is C17H21ClN2O3. The molecule has 0 bridgehead atoms. The predicted octanol–water partition coefficient (Wildman–Crippen LogP) is 3.39. The Morgan fingerprint density at radius 3 is 2.70 bits per heavy atom. The summed E-state index contributed by atoms with van der Waals surface area (Å²) >= 11 is 6.12. The highest BCUT2D eigenvalue weighted by Crippen LogP contribution is 2.36. The Bertz CT molecular complexity index is 607. The number of hydrogen-bond donors (Lipinski definition) is 0. The lowest BCUT2D eigenvalue weighted by atomic mass is 9.94. The van der Waals surface area contributed by atoms with E-state index < -0.39 is 0 Å². The highest BCUT2D eigenvalue weighted by atomic mass is 35.5. The van der Waals surface area contributed by atoms with E-state index >= 15 is 0 Å². The van der Waals surface area contributed by atoms with Crippen molar-refractivity contribution in [1.29, 1.82) is 5.26 Å². The summed E-state index contributed by atoms with van der Waals surface area (Å²) in [6, 6.07) is 5.32. The van der Waals surface area contributed by atoms with Crippen molar-refractivity contribution in [2.75, 3.05) is 20.8 Å². The number of carbonyl (C=O) groups excluding carboxylic acids is 1. The van der Waals surface area contributed by atoms with Crippen molar-refractivity contribution < 1.29 is 14.3 Å². The molecule has 0 spiro atoms. The minimum atomic E-state index is -0.102. The first-order chi connectivity index (χ1) is 11.1. The molecule has 0 aliphatic heterocycles. The van der Waals surface area contributed by atoms with Crippen LogP contribution in [0.3, 0.4) is 0 Å². The molecule has 6 heteroatoms. The highest BCUT2D eigenvalue weighted by Gasteiger charge is 2.23. The summed E-state index contributed by atoms with van der Waals surface area (Å²) in [5.74, 6) is 0.556. The van der Waals surface area contributed by atoms with Gasteiger partial charge in [0.05, 0.1) is 23.8 Å². The zero-order valence-electron chi connectivity index (χ0n) is 13.5. The van der Waals surface area contributed by atoms with Crippen LogP contribution in [-0.2, 0) is 4.79 Å². The Morgan fingerprint density at radius 2 is 2.09 bits per heavy atom. The summed E-state index contributed by atoms with van der Waals surface area (Å²) in [7, 11) is 3.29. The molecule has 0 saturated heterocycles. The van der Waals surface area contributed by atoms with Crippen molar-refractivity contribution in [2.45, 2.75) is 38.1 Å². The number of amides is 1. The van der Waals surface area contributed by atoms with Crippen LogP contribution in [0.4, 0.5) is 0 Å². The van der Waals surface area contributed by atoms with Gasteiger partial charge in [0.15, 0.2) is 18.1 Å². The van der Waals surface area contributed by atoms with Crippen LogP contribution in [0.5, 0.6) is 11.5 Å². The normalized spacial score (nSPS) is 14.9. The number of nitrogens with zero attached hydrogens (tertiary/aromatic N) is 2. The van der Waals surface area contributed by atoms with Gasteiger partial charge in [0, 0.05) is 19.2 Å². The van der Waals surface area contributed by atoms with E-state index in [-0.39, 0.29) is 23.6 Å². The molecule has 23 heavy (non-hydrogen) atoms. The molecule has 1 amide bonds. The third kappa shape index (κ3) is 4.29. The summed E-state index contributed by atoms with van der Waals surface area (Å²) in [6.45, 7) is -0.102. The van der Waals surface area contributed by atoms with E-state index in [4.69, 9.17) is 26.3 Å². The largest absolute Gasteiger partial charge is 0.493 e. The van der Waals surface area contributed by atoms with Gasteiger partial charge in [-0.2, -0.15) is 5.26 Å². The average Bonchev–Trinajstić information content (AvgIpc) is 2.59. The number of methoxy groups -OCH3 is 1. The molecule has 124 valence electrons. The summed E-state index contributed by atoms with van der Waals surface area (Å²) in [4.78, 5) is 14.1. The number of ether oxygens (including phenoxy) is 2. The van der Waals surface area contributed by atoms with Crippen LogP contribution in [-0.4, -0.2) is 37.6 Å². The van der Waals surface area contributed by atoms with Crippen molar-refractivity contribution in [2.24, 2.45) is 0 Å². The van der Waals surface area contributed by atoms with E-state index in [1.165, 1.54) is 38.5 Å². The van der Waals surface area contributed by atoms with E-state index in [0.717, 1.165) is 12.8 Å². The fourth-order valence-corrected chi connectivity index (χ4v) is 3.10. The van der Waals surface area contributed by atoms with E-state index in [9.17, 15) is 4.79 Å². The molecule has 1 aliphatic rings. The summed E-state index contributed by atoms with van der Waals surface area (Å²) in [5, 5.41) is 9.20. The maximum atomic E-state index is 12.3. The number of nitriles is 1. The van der Waals surface area contributed by atoms with Crippen LogP contribution in [0, 0.1) is 11.3 Å². The van der Waals surface area contributed by atoms with Gasteiger partial charge in [-0.05, 0) is 18.9 Å². The van der Waals surface area contributed by atoms with Gasteiger partial charge in [0.25, 0.3) is 5.91 Å². The summed E-state index contributed by atoms with van der Waals surface area (Å²) in [5.41, 5.74) is 0.379. The van der Waals surface area contributed by atoms with Crippen molar-refractivity contribution in [3.05, 3.63) is 22.7 Å². The second-order valence-corrected chi connectivity index (χ2v) is 6.09. The quantitative estimate of drug-likeness (QED) is 0.826. The molecule has 1 aromatic carbocycles. The predicted molar refractivity (Wildman–Crippen MR) is 87.9 cm³/mol. The fraction of sp³-hybridized carbons (Fsp3) is 0.529. The second-order valence-electron chi connectivity index (χ2n) is 5.69. The number of carbonyl (C=O) groups is 1. The van der Waals surface area contributed by atoms with E-state index in [1.54, 1.807) is 4.90 Å². The van der Waals surface area contributed by atoms with Gasteiger partial charge >= 0.3 is 0 Å². The number of likely N-dealkylation sites (N-methyl/N-ethyl adjacent to an activating group) is 1. The zero-order chi connectivity index (χ0) is 16.8. The van der Waals surface area contributed by atoms with E-state index in [2.05, 4.69) is 0 Å². The van der Waals surface area contributed by atoms with Gasteiger partial charge in [0.2, 0.25) is 0 Å². The molecule has 0 aromatic heterocycles. The minimum absolute atomic E-state index is 0.0839. The maximum absolute atomic E-state index is 12.3. The Balaban J connectivity index is 2.02. The SMILES string of the molecule is COc1cc(C#N)cc(Cl)c1OCC(=O)N(C)C1CCCCC1. The van der Waals surface area contributed by atoms with Crippen LogP contribution in [0.25, 0.3) is 0 Å². The maximum Gasteiger partial charge on any atom is 0.260 e. The molecule has 0 heterocycles. The Morgan fingerprint density at radius 1 is 1.39 bits per heavy atom. The first kappa shape index (κ1) is 17.4. The lowest BCUT2D eigenvalue weighted by molar-refractivity contribution is -0.134. The Labute approximate surface area is 141 Å². The minimum Gasteiger partial charge on any atom is -0.493 e. The van der Waals surface area contributed by atoms with Gasteiger partial charge in [-0.1, -0.05) is 30.9 Å². The molecule has 1 fully saturated rings. The van der Waals surface area contributed by atoms with Crippen molar-refractivity contribution in [1.82, 2.24) is 4.90 Å². The number of halogens is 1. The first-order valence-corrected chi connectivity index (χ1v) is 8.10. The molecule has 2 rings (SSSR count). The van der Waals surface area contributed by atoms with Crippen LogP contribution in [0.1, 0.15) is 37.7 Å². The third-order valence-electron chi connectivity index (χ3n) is 4.21. The van der Waals surface area contributed by atoms with Crippen LogP contribution < -0.4 is 9.47 Å². The first-order valence-electron chi connectivity index (χ1n) is 7.73. The molecule has 1 aromatic rings. The molecule has 0 unspecified atom stereocenters. The van der Waals surface area contributed by atoms with E-state index in [1.807, 2.05) is 13.1 Å². The highest BCUT2D eigenvalue weighted by molar-refractivity contribution is 6.32. The molecule has 1 aliphatic carbocycles. The number of rotatable bonds is 5. The average molecular weight is 337 g/mol. The topological polar surface area (TPSA) is 62.6 Å². The fourth-order valence-electron chi connectivity index (χ4n) is 2.83. The van der Waals surface area contributed by atoms with Gasteiger partial charge in [-0.15, -0.1) is 0 Å². The molecule has 0 N–H and O–H groups in total. The van der Waals surface area contributed by atoms with Gasteiger partial charge in [-0.25, -0.2) is 0 Å². The van der Waals surface area contributed by atoms with Crippen LogP contribution in [0.2, 0.25) is 5.02 Å². The van der Waals surface area contributed by atoms with Gasteiger partial charge < -0.3 is 14.4 Å². The zero-order valence-corrected chi connectivity index (χ0v) is 14.2. The number of hydrogen-bond acceptors (Lipinski definition) is 4. The van der Waals surface area contributed by atoms with Gasteiger partial charge in [0.1, 0.15) is 0 Å². The second kappa shape index (κ2) is 8.07. The van der Waals surface area contributed by atoms with Crippen molar-refractivity contribution in [3.63, 3.8) is 0 Å². The number of benzene rings is 1. The van der Waals surface area contributed by atoms with Crippen LogP contribution in [0.15, 0.2) is 12.1 Å². The van der Waals surface area contributed by atoms with Gasteiger partial charge in [-0.3, -0.25) is 4.79 Å². The van der Waals surface area contributed by atoms with Crippen molar-refractivity contribution in [3.8, 4) is 17.6 Å². The molecule has 5 nitrogen and oxygen atoms in total. The smallest absolute Gasteiger partial charge is 0.260 e. The van der Waals surface area contributed by atoms with Crippen LogP contribution >= 0.6 is 11.6 Å². The lowest BCUT2D eigenvalue weighted by Gasteiger charge is -2.31. The monoisotopic (exact) mass is 336 g/mol. The molecular weight excluding hydrogens is 316 g/mol. The molecule has 0 radical (unpaired) electrons. The Kier molecular flexibility index (Phi) is 6.12.